The molecule has 35 heavy (non-hydrogen) atoms. The van der Waals surface area contributed by atoms with Crippen molar-refractivity contribution in [1.29, 1.82) is 0 Å². The number of benzene rings is 3. The number of anilines is 1. The van der Waals surface area contributed by atoms with Gasteiger partial charge in [0.25, 0.3) is 11.8 Å². The minimum Gasteiger partial charge on any atom is -0.349 e. The fraction of sp³-hybridized carbons (Fsp3) is 0.250. The number of nitrogens with zero attached hydrogens (tertiary/aromatic N) is 1. The van der Waals surface area contributed by atoms with Gasteiger partial charge in [-0.3, -0.25) is 9.59 Å². The van der Waals surface area contributed by atoms with Crippen molar-refractivity contribution in [2.75, 3.05) is 5.32 Å². The summed E-state index contributed by atoms with van der Waals surface area (Å²) in [6.07, 6.45) is 4.58. The van der Waals surface area contributed by atoms with E-state index in [2.05, 4.69) is 27.5 Å². The summed E-state index contributed by atoms with van der Waals surface area (Å²) in [4.78, 5) is 33.1. The third kappa shape index (κ3) is 5.09. The Bertz CT molecular complexity index is 1360. The van der Waals surface area contributed by atoms with Crippen molar-refractivity contribution in [3.8, 4) is 11.4 Å². The Balaban J connectivity index is 1.28. The normalized spacial score (nSPS) is 17.8. The molecule has 0 bridgehead atoms. The molecule has 3 N–H and O–H groups in total. The monoisotopic (exact) mass is 470 g/mol. The van der Waals surface area contributed by atoms with Crippen LogP contribution in [0.5, 0.6) is 0 Å². The van der Waals surface area contributed by atoms with Gasteiger partial charge in [0.2, 0.25) is 0 Å². The molecule has 0 spiro atoms. The van der Waals surface area contributed by atoms with Crippen molar-refractivity contribution in [1.82, 2.24) is 15.3 Å². The fourth-order valence-electron chi connectivity index (χ4n) is 4.59. The molecule has 178 valence electrons. The maximum Gasteiger partial charge on any atom is 0.255 e. The van der Waals surface area contributed by atoms with E-state index in [9.17, 15) is 14.0 Å². The van der Waals surface area contributed by atoms with Gasteiger partial charge < -0.3 is 15.6 Å². The highest BCUT2D eigenvalue weighted by Gasteiger charge is 2.23. The van der Waals surface area contributed by atoms with E-state index in [0.29, 0.717) is 28.6 Å². The van der Waals surface area contributed by atoms with E-state index in [0.717, 1.165) is 35.9 Å². The average molecular weight is 471 g/mol. The lowest BCUT2D eigenvalue weighted by Gasteiger charge is -2.29. The van der Waals surface area contributed by atoms with Crippen molar-refractivity contribution < 1.29 is 14.0 Å². The third-order valence-electron chi connectivity index (χ3n) is 6.69. The predicted octanol–water partition coefficient (Wildman–Crippen LogP) is 5.93. The highest BCUT2D eigenvalue weighted by Crippen LogP contribution is 2.25. The average Bonchev–Trinajstić information content (AvgIpc) is 3.30. The standard InChI is InChI=1S/C28H27FN4O2/c1-17-4-2-3-5-23(17)33-28(35)20-10-15-24-25(16-20)32-26(31-24)18-8-13-22(14-9-18)30-27(34)19-6-11-21(29)12-7-19/h6-17,23H,2-5H2,1H3,(H,30,34)(H,31,32)(H,33,35). The summed E-state index contributed by atoms with van der Waals surface area (Å²) in [5.74, 6) is 0.426. The number of halogens is 1. The van der Waals surface area contributed by atoms with Gasteiger partial charge >= 0.3 is 0 Å². The molecule has 1 fully saturated rings. The van der Waals surface area contributed by atoms with E-state index in [1.54, 1.807) is 12.1 Å². The second-order valence-electron chi connectivity index (χ2n) is 9.20. The smallest absolute Gasteiger partial charge is 0.255 e. The van der Waals surface area contributed by atoms with E-state index in [-0.39, 0.29) is 23.7 Å². The van der Waals surface area contributed by atoms with Gasteiger partial charge in [-0.15, -0.1) is 0 Å². The fourth-order valence-corrected chi connectivity index (χ4v) is 4.59. The summed E-state index contributed by atoms with van der Waals surface area (Å²) in [7, 11) is 0. The number of nitrogens with one attached hydrogen (secondary N) is 3. The lowest BCUT2D eigenvalue weighted by molar-refractivity contribution is 0.0910. The molecule has 1 aliphatic rings. The van der Waals surface area contributed by atoms with Crippen molar-refractivity contribution in [3.63, 3.8) is 0 Å². The second-order valence-corrected chi connectivity index (χ2v) is 9.20. The number of rotatable bonds is 5. The van der Waals surface area contributed by atoms with E-state index in [1.807, 2.05) is 30.3 Å². The number of hydrogen-bond donors (Lipinski definition) is 3. The maximum absolute atomic E-state index is 13.1. The lowest BCUT2D eigenvalue weighted by atomic mass is 9.86. The van der Waals surface area contributed by atoms with E-state index in [1.165, 1.54) is 30.7 Å². The third-order valence-corrected chi connectivity index (χ3v) is 6.69. The Kier molecular flexibility index (Phi) is 6.31. The Morgan fingerprint density at radius 1 is 0.914 bits per heavy atom. The van der Waals surface area contributed by atoms with Crippen LogP contribution in [0.4, 0.5) is 10.1 Å². The highest BCUT2D eigenvalue weighted by atomic mass is 19.1. The molecule has 1 saturated carbocycles. The highest BCUT2D eigenvalue weighted by molar-refractivity contribution is 6.04. The molecular weight excluding hydrogens is 443 g/mol. The quantitative estimate of drug-likeness (QED) is 0.338. The van der Waals surface area contributed by atoms with Crippen LogP contribution >= 0.6 is 0 Å². The molecule has 5 rings (SSSR count). The Hall–Kier alpha value is -4.00. The molecule has 6 nitrogen and oxygen atoms in total. The minimum absolute atomic E-state index is 0.0527. The van der Waals surface area contributed by atoms with Crippen LogP contribution in [-0.4, -0.2) is 27.8 Å². The van der Waals surface area contributed by atoms with Crippen molar-refractivity contribution >= 4 is 28.5 Å². The predicted molar refractivity (Wildman–Crippen MR) is 135 cm³/mol. The molecule has 2 unspecified atom stereocenters. The number of hydrogen-bond acceptors (Lipinski definition) is 3. The summed E-state index contributed by atoms with van der Waals surface area (Å²) in [6, 6.07) is 18.4. The van der Waals surface area contributed by atoms with Gasteiger partial charge in [-0.25, -0.2) is 9.37 Å². The van der Waals surface area contributed by atoms with Gasteiger partial charge in [-0.05, 0) is 85.5 Å². The molecule has 1 aromatic heterocycles. The van der Waals surface area contributed by atoms with Crippen LogP contribution in [0.1, 0.15) is 53.3 Å². The topological polar surface area (TPSA) is 86.9 Å². The number of H-pyrrole nitrogens is 1. The zero-order chi connectivity index (χ0) is 24.4. The summed E-state index contributed by atoms with van der Waals surface area (Å²) >= 11 is 0. The van der Waals surface area contributed by atoms with Crippen LogP contribution in [0.25, 0.3) is 22.4 Å². The van der Waals surface area contributed by atoms with Crippen LogP contribution in [0.3, 0.4) is 0 Å². The van der Waals surface area contributed by atoms with Crippen molar-refractivity contribution in [2.45, 2.75) is 38.6 Å². The first-order valence-electron chi connectivity index (χ1n) is 11.9. The Morgan fingerprint density at radius 3 is 2.37 bits per heavy atom. The molecule has 1 heterocycles. The second kappa shape index (κ2) is 9.70. The van der Waals surface area contributed by atoms with Gasteiger partial charge in [0.15, 0.2) is 0 Å². The minimum atomic E-state index is -0.386. The zero-order valence-corrected chi connectivity index (χ0v) is 19.5. The summed E-state index contributed by atoms with van der Waals surface area (Å²) in [5, 5.41) is 6.00. The molecule has 1 aliphatic carbocycles. The number of imidazole rings is 1. The van der Waals surface area contributed by atoms with E-state index in [4.69, 9.17) is 0 Å². The number of aromatic amines is 1. The van der Waals surface area contributed by atoms with Crippen molar-refractivity contribution in [2.24, 2.45) is 5.92 Å². The Labute approximate surface area is 203 Å². The first-order chi connectivity index (χ1) is 17.0. The number of fused-ring (bicyclic) bond motifs is 1. The van der Waals surface area contributed by atoms with E-state index >= 15 is 0 Å². The molecule has 2 amide bonds. The van der Waals surface area contributed by atoms with Crippen molar-refractivity contribution in [3.05, 3.63) is 83.7 Å². The molecular formula is C28H27FN4O2. The first-order valence-corrected chi connectivity index (χ1v) is 11.9. The van der Waals surface area contributed by atoms with Crippen LogP contribution in [0.2, 0.25) is 0 Å². The lowest BCUT2D eigenvalue weighted by Crippen LogP contribution is -2.41. The Morgan fingerprint density at radius 2 is 1.63 bits per heavy atom. The molecule has 0 radical (unpaired) electrons. The van der Waals surface area contributed by atoms with Crippen LogP contribution in [0.15, 0.2) is 66.7 Å². The summed E-state index contributed by atoms with van der Waals surface area (Å²) in [5.41, 5.74) is 4.03. The van der Waals surface area contributed by atoms with Gasteiger partial charge in [-0.1, -0.05) is 19.8 Å². The van der Waals surface area contributed by atoms with Crippen LogP contribution in [-0.2, 0) is 0 Å². The number of aromatic nitrogens is 2. The van der Waals surface area contributed by atoms with Crippen LogP contribution < -0.4 is 10.6 Å². The molecule has 7 heteroatoms. The molecule has 4 aromatic rings. The molecule has 3 aromatic carbocycles. The van der Waals surface area contributed by atoms with Gasteiger partial charge in [0.1, 0.15) is 11.6 Å². The largest absolute Gasteiger partial charge is 0.349 e. The SMILES string of the molecule is CC1CCCCC1NC(=O)c1ccc2nc(-c3ccc(NC(=O)c4ccc(F)cc4)cc3)[nH]c2c1. The number of carbonyl (C=O) groups is 2. The first kappa shape index (κ1) is 22.8. The summed E-state index contributed by atoms with van der Waals surface area (Å²) in [6.45, 7) is 2.20. The van der Waals surface area contributed by atoms with E-state index < -0.39 is 0 Å². The number of carbonyl (C=O) groups excluding carboxylic acids is 2. The summed E-state index contributed by atoms with van der Waals surface area (Å²) < 4.78 is 13.1. The zero-order valence-electron chi connectivity index (χ0n) is 19.5. The van der Waals surface area contributed by atoms with Gasteiger partial charge in [0.05, 0.1) is 11.0 Å². The van der Waals surface area contributed by atoms with Gasteiger partial charge in [0, 0.05) is 28.4 Å². The van der Waals surface area contributed by atoms with Crippen LogP contribution in [0, 0.1) is 11.7 Å². The molecule has 0 aliphatic heterocycles. The molecule has 2 atom stereocenters. The number of amides is 2. The van der Waals surface area contributed by atoms with Gasteiger partial charge in [-0.2, -0.15) is 0 Å². The molecule has 0 saturated heterocycles. The maximum atomic E-state index is 13.1.